The van der Waals surface area contributed by atoms with Crippen LogP contribution in [0, 0.1) is 5.82 Å². The summed E-state index contributed by atoms with van der Waals surface area (Å²) < 4.78 is 17.5. The van der Waals surface area contributed by atoms with Crippen molar-refractivity contribution in [3.8, 4) is 5.75 Å². The second kappa shape index (κ2) is 4.83. The van der Waals surface area contributed by atoms with Crippen LogP contribution in [-0.4, -0.2) is 14.2 Å². The van der Waals surface area contributed by atoms with E-state index in [1.54, 1.807) is 19.2 Å². The molecule has 0 radical (unpaired) electrons. The average molecular weight is 192 g/mol. The van der Waals surface area contributed by atoms with E-state index in [0.29, 0.717) is 0 Å². The van der Waals surface area contributed by atoms with Crippen LogP contribution in [0.5, 0.6) is 5.75 Å². The maximum absolute atomic E-state index is 12.8. The second-order valence-corrected chi connectivity index (χ2v) is 2.10. The Morgan fingerprint density at radius 2 is 2.08 bits per heavy atom. The van der Waals surface area contributed by atoms with Gasteiger partial charge in [0.15, 0.2) is 11.6 Å². The van der Waals surface area contributed by atoms with E-state index in [1.165, 1.54) is 13.2 Å². The minimum Gasteiger partial charge on any atom is -0.494 e. The summed E-state index contributed by atoms with van der Waals surface area (Å²) in [7, 11) is 3.21. The van der Waals surface area contributed by atoms with Crippen molar-refractivity contribution in [2.75, 3.05) is 19.5 Å². The summed E-state index contributed by atoms with van der Waals surface area (Å²) in [5.74, 6) is -0.0802. The highest BCUT2D eigenvalue weighted by atomic mass is 35.5. The van der Waals surface area contributed by atoms with Gasteiger partial charge in [0.1, 0.15) is 0 Å². The van der Waals surface area contributed by atoms with E-state index in [0.717, 1.165) is 5.69 Å². The molecule has 0 atom stereocenters. The smallest absolute Gasteiger partial charge is 0.165 e. The van der Waals surface area contributed by atoms with Crippen LogP contribution >= 0.6 is 12.4 Å². The minimum atomic E-state index is -0.341. The van der Waals surface area contributed by atoms with Crippen molar-refractivity contribution in [1.82, 2.24) is 0 Å². The molecule has 68 valence electrons. The van der Waals surface area contributed by atoms with Crippen LogP contribution in [0.25, 0.3) is 0 Å². The van der Waals surface area contributed by atoms with Crippen molar-refractivity contribution in [2.24, 2.45) is 0 Å². The van der Waals surface area contributed by atoms with Gasteiger partial charge in [-0.2, -0.15) is 0 Å². The van der Waals surface area contributed by atoms with Gasteiger partial charge in [-0.25, -0.2) is 4.39 Å². The summed E-state index contributed by atoms with van der Waals surface area (Å²) in [6.45, 7) is 0. The van der Waals surface area contributed by atoms with E-state index in [9.17, 15) is 4.39 Å². The Labute approximate surface area is 77.1 Å². The van der Waals surface area contributed by atoms with Gasteiger partial charge >= 0.3 is 0 Å². The van der Waals surface area contributed by atoms with Gasteiger partial charge in [-0.15, -0.1) is 12.4 Å². The molecule has 0 heterocycles. The predicted octanol–water partition coefficient (Wildman–Crippen LogP) is 2.30. The molecule has 12 heavy (non-hydrogen) atoms. The third-order valence-corrected chi connectivity index (χ3v) is 1.44. The number of benzene rings is 1. The van der Waals surface area contributed by atoms with Crippen molar-refractivity contribution in [2.45, 2.75) is 0 Å². The van der Waals surface area contributed by atoms with Crippen molar-refractivity contribution in [3.05, 3.63) is 24.0 Å². The zero-order valence-electron chi connectivity index (χ0n) is 6.93. The largest absolute Gasteiger partial charge is 0.494 e. The number of anilines is 1. The van der Waals surface area contributed by atoms with E-state index in [2.05, 4.69) is 5.32 Å². The van der Waals surface area contributed by atoms with Crippen LogP contribution < -0.4 is 10.1 Å². The van der Waals surface area contributed by atoms with Crippen LogP contribution in [0.4, 0.5) is 10.1 Å². The van der Waals surface area contributed by atoms with Crippen LogP contribution in [-0.2, 0) is 0 Å². The lowest BCUT2D eigenvalue weighted by Crippen LogP contribution is -1.91. The third kappa shape index (κ3) is 2.27. The molecule has 0 fully saturated rings. The Morgan fingerprint density at radius 1 is 1.42 bits per heavy atom. The van der Waals surface area contributed by atoms with Gasteiger partial charge in [-0.3, -0.25) is 0 Å². The first kappa shape index (κ1) is 11.0. The maximum atomic E-state index is 12.8. The molecule has 0 aromatic heterocycles. The summed E-state index contributed by atoms with van der Waals surface area (Å²) in [6.07, 6.45) is 0. The first-order valence-corrected chi connectivity index (χ1v) is 3.29. The van der Waals surface area contributed by atoms with E-state index in [4.69, 9.17) is 4.74 Å². The Bertz CT molecular complexity index is 255. The number of methoxy groups -OCH3 is 1. The lowest BCUT2D eigenvalue weighted by Gasteiger charge is -2.03. The standard InChI is InChI=1S/C8H10FNO.ClH/c1-10-6-3-4-7(9)8(5-6)11-2;/h3-5,10H,1-2H3;1H. The fourth-order valence-electron chi connectivity index (χ4n) is 0.815. The first-order chi connectivity index (χ1) is 5.27. The second-order valence-electron chi connectivity index (χ2n) is 2.10. The zero-order valence-corrected chi connectivity index (χ0v) is 7.74. The van der Waals surface area contributed by atoms with Crippen molar-refractivity contribution < 1.29 is 9.13 Å². The molecular formula is C8H11ClFNO. The Balaban J connectivity index is 0.00000121. The topological polar surface area (TPSA) is 21.3 Å². The number of halogens is 2. The number of hydrogen-bond acceptors (Lipinski definition) is 2. The minimum absolute atomic E-state index is 0. The highest BCUT2D eigenvalue weighted by molar-refractivity contribution is 5.85. The molecule has 1 aromatic carbocycles. The van der Waals surface area contributed by atoms with E-state index >= 15 is 0 Å². The summed E-state index contributed by atoms with van der Waals surface area (Å²) in [4.78, 5) is 0. The third-order valence-electron chi connectivity index (χ3n) is 1.44. The first-order valence-electron chi connectivity index (χ1n) is 3.29. The molecule has 0 spiro atoms. The highest BCUT2D eigenvalue weighted by Gasteiger charge is 2.00. The molecule has 1 rings (SSSR count). The lowest BCUT2D eigenvalue weighted by atomic mass is 10.3. The molecule has 0 saturated heterocycles. The Morgan fingerprint density at radius 3 is 2.58 bits per heavy atom. The van der Waals surface area contributed by atoms with Gasteiger partial charge in [-0.1, -0.05) is 0 Å². The molecular weight excluding hydrogens is 181 g/mol. The lowest BCUT2D eigenvalue weighted by molar-refractivity contribution is 0.387. The van der Waals surface area contributed by atoms with Crippen LogP contribution in [0.3, 0.4) is 0 Å². The Kier molecular flexibility index (Phi) is 4.44. The monoisotopic (exact) mass is 191 g/mol. The number of rotatable bonds is 2. The number of nitrogens with one attached hydrogen (secondary N) is 1. The van der Waals surface area contributed by atoms with Gasteiger partial charge < -0.3 is 10.1 Å². The van der Waals surface area contributed by atoms with Crippen molar-refractivity contribution >= 4 is 18.1 Å². The number of ether oxygens (including phenoxy) is 1. The van der Waals surface area contributed by atoms with Crippen molar-refractivity contribution in [3.63, 3.8) is 0 Å². The van der Waals surface area contributed by atoms with Crippen LogP contribution in [0.2, 0.25) is 0 Å². The normalized spacial score (nSPS) is 8.58. The van der Waals surface area contributed by atoms with Gasteiger partial charge in [0.2, 0.25) is 0 Å². The molecule has 0 saturated carbocycles. The molecule has 0 unspecified atom stereocenters. The molecule has 4 heteroatoms. The summed E-state index contributed by atoms with van der Waals surface area (Å²) in [5.41, 5.74) is 0.836. The van der Waals surface area contributed by atoms with Gasteiger partial charge in [0.05, 0.1) is 7.11 Å². The fraction of sp³-hybridized carbons (Fsp3) is 0.250. The Hall–Kier alpha value is -0.960. The molecule has 2 nitrogen and oxygen atoms in total. The molecule has 0 amide bonds. The number of hydrogen-bond donors (Lipinski definition) is 1. The van der Waals surface area contributed by atoms with Crippen molar-refractivity contribution in [1.29, 1.82) is 0 Å². The van der Waals surface area contributed by atoms with E-state index in [1.807, 2.05) is 0 Å². The predicted molar refractivity (Wildman–Crippen MR) is 49.7 cm³/mol. The molecule has 1 aromatic rings. The zero-order chi connectivity index (χ0) is 8.27. The van der Waals surface area contributed by atoms with E-state index < -0.39 is 0 Å². The SMILES string of the molecule is CNc1ccc(F)c(OC)c1.Cl. The quantitative estimate of drug-likeness (QED) is 0.775. The molecule has 0 aliphatic heterocycles. The van der Waals surface area contributed by atoms with E-state index in [-0.39, 0.29) is 24.0 Å². The molecule has 1 N–H and O–H groups in total. The highest BCUT2D eigenvalue weighted by Crippen LogP contribution is 2.20. The van der Waals surface area contributed by atoms with Gasteiger partial charge in [0.25, 0.3) is 0 Å². The summed E-state index contributed by atoms with van der Waals surface area (Å²) >= 11 is 0. The average Bonchev–Trinajstić information content (AvgIpc) is 2.05. The van der Waals surface area contributed by atoms with Gasteiger partial charge in [-0.05, 0) is 12.1 Å². The van der Waals surface area contributed by atoms with Crippen LogP contribution in [0.15, 0.2) is 18.2 Å². The molecule has 0 aliphatic rings. The van der Waals surface area contributed by atoms with Gasteiger partial charge in [0, 0.05) is 18.8 Å². The summed E-state index contributed by atoms with van der Waals surface area (Å²) in [5, 5.41) is 2.88. The van der Waals surface area contributed by atoms with Crippen LogP contribution in [0.1, 0.15) is 0 Å². The molecule has 0 aliphatic carbocycles. The maximum Gasteiger partial charge on any atom is 0.165 e. The fourth-order valence-corrected chi connectivity index (χ4v) is 0.815. The summed E-state index contributed by atoms with van der Waals surface area (Å²) in [6, 6.07) is 4.62. The molecule has 0 bridgehead atoms.